The van der Waals surface area contributed by atoms with Crippen molar-refractivity contribution in [3.63, 3.8) is 0 Å². The Kier molecular flexibility index (Phi) is 5.07. The molecule has 1 rings (SSSR count). The molecule has 82 valence electrons. The van der Waals surface area contributed by atoms with Gasteiger partial charge in [0.05, 0.1) is 11.9 Å². The highest BCUT2D eigenvalue weighted by molar-refractivity contribution is 6.29. The second kappa shape index (κ2) is 6.37. The molecule has 0 fully saturated rings. The Bertz CT molecular complexity index is 314. The Balaban J connectivity index is 2.34. The van der Waals surface area contributed by atoms with Gasteiger partial charge in [-0.2, -0.15) is 0 Å². The van der Waals surface area contributed by atoms with Crippen LogP contribution in [0.1, 0.15) is 19.3 Å². The van der Waals surface area contributed by atoms with Gasteiger partial charge in [-0.15, -0.1) is 0 Å². The largest absolute Gasteiger partial charge is 0.396 e. The molecule has 0 saturated carbocycles. The lowest BCUT2D eigenvalue weighted by Crippen LogP contribution is -2.11. The van der Waals surface area contributed by atoms with E-state index in [1.165, 1.54) is 6.20 Å². The second-order valence-electron chi connectivity index (χ2n) is 3.10. The van der Waals surface area contributed by atoms with Gasteiger partial charge in [0.1, 0.15) is 5.15 Å². The van der Waals surface area contributed by atoms with Crippen LogP contribution in [-0.4, -0.2) is 22.6 Å². The molecule has 5 heteroatoms. The topological polar surface area (TPSA) is 62.2 Å². The third kappa shape index (κ3) is 4.76. The van der Waals surface area contributed by atoms with Gasteiger partial charge >= 0.3 is 0 Å². The predicted octanol–water partition coefficient (Wildman–Crippen LogP) is 1.84. The molecular formula is C10H13ClN2O2. The molecule has 0 bridgehead atoms. The average Bonchev–Trinajstić information content (AvgIpc) is 2.22. The van der Waals surface area contributed by atoms with Crippen molar-refractivity contribution in [1.29, 1.82) is 0 Å². The molecule has 1 aromatic rings. The first-order chi connectivity index (χ1) is 7.22. The maximum atomic E-state index is 11.3. The SMILES string of the molecule is O=C(CCCCO)Nc1ccc(Cl)nc1. The van der Waals surface area contributed by atoms with Crippen molar-refractivity contribution in [3.05, 3.63) is 23.5 Å². The summed E-state index contributed by atoms with van der Waals surface area (Å²) in [6.45, 7) is 0.121. The van der Waals surface area contributed by atoms with E-state index < -0.39 is 0 Å². The number of hydrogen-bond donors (Lipinski definition) is 2. The lowest BCUT2D eigenvalue weighted by atomic mass is 10.2. The first-order valence-corrected chi connectivity index (χ1v) is 5.12. The first kappa shape index (κ1) is 11.9. The van der Waals surface area contributed by atoms with E-state index in [1.807, 2.05) is 0 Å². The molecule has 1 heterocycles. The van der Waals surface area contributed by atoms with E-state index in [4.69, 9.17) is 16.7 Å². The number of pyridine rings is 1. The third-order valence-electron chi connectivity index (χ3n) is 1.82. The van der Waals surface area contributed by atoms with Gasteiger partial charge in [0, 0.05) is 13.0 Å². The third-order valence-corrected chi connectivity index (χ3v) is 2.05. The highest BCUT2D eigenvalue weighted by Gasteiger charge is 2.01. The molecule has 0 atom stereocenters. The summed E-state index contributed by atoms with van der Waals surface area (Å²) in [7, 11) is 0. The van der Waals surface area contributed by atoms with Gasteiger partial charge in [-0.3, -0.25) is 4.79 Å². The van der Waals surface area contributed by atoms with E-state index >= 15 is 0 Å². The fraction of sp³-hybridized carbons (Fsp3) is 0.400. The molecule has 4 nitrogen and oxygen atoms in total. The molecule has 0 aliphatic heterocycles. The summed E-state index contributed by atoms with van der Waals surface area (Å²) in [5, 5.41) is 11.6. The number of unbranched alkanes of at least 4 members (excludes halogenated alkanes) is 1. The number of rotatable bonds is 5. The van der Waals surface area contributed by atoms with Crippen LogP contribution in [0.2, 0.25) is 5.15 Å². The predicted molar refractivity (Wildman–Crippen MR) is 58.8 cm³/mol. The fourth-order valence-electron chi connectivity index (χ4n) is 1.07. The van der Waals surface area contributed by atoms with Crippen LogP contribution in [0.3, 0.4) is 0 Å². The van der Waals surface area contributed by atoms with Crippen LogP contribution in [0.25, 0.3) is 0 Å². The molecular weight excluding hydrogens is 216 g/mol. The van der Waals surface area contributed by atoms with Crippen LogP contribution >= 0.6 is 11.6 Å². The Morgan fingerprint density at radius 1 is 1.47 bits per heavy atom. The number of amides is 1. The lowest BCUT2D eigenvalue weighted by Gasteiger charge is -2.03. The van der Waals surface area contributed by atoms with Crippen molar-refractivity contribution >= 4 is 23.2 Å². The summed E-state index contributed by atoms with van der Waals surface area (Å²) in [4.78, 5) is 15.2. The Labute approximate surface area is 93.3 Å². The van der Waals surface area contributed by atoms with Crippen molar-refractivity contribution in [3.8, 4) is 0 Å². The number of nitrogens with zero attached hydrogens (tertiary/aromatic N) is 1. The highest BCUT2D eigenvalue weighted by atomic mass is 35.5. The Morgan fingerprint density at radius 2 is 2.27 bits per heavy atom. The summed E-state index contributed by atoms with van der Waals surface area (Å²) < 4.78 is 0. The molecule has 0 aromatic carbocycles. The Hall–Kier alpha value is -1.13. The van der Waals surface area contributed by atoms with E-state index in [0.29, 0.717) is 30.1 Å². The molecule has 0 unspecified atom stereocenters. The summed E-state index contributed by atoms with van der Waals surface area (Å²) in [5.74, 6) is -0.0763. The monoisotopic (exact) mass is 228 g/mol. The van der Waals surface area contributed by atoms with Crippen LogP contribution in [0.15, 0.2) is 18.3 Å². The number of hydrogen-bond acceptors (Lipinski definition) is 3. The van der Waals surface area contributed by atoms with E-state index in [0.717, 1.165) is 0 Å². The number of aliphatic hydroxyl groups is 1. The van der Waals surface area contributed by atoms with Gasteiger partial charge in [0.2, 0.25) is 5.91 Å². The van der Waals surface area contributed by atoms with Crippen molar-refractivity contribution in [2.24, 2.45) is 0 Å². The van der Waals surface area contributed by atoms with Gasteiger partial charge in [0.15, 0.2) is 0 Å². The van der Waals surface area contributed by atoms with Crippen LogP contribution in [0.5, 0.6) is 0 Å². The van der Waals surface area contributed by atoms with Crippen LogP contribution in [0, 0.1) is 0 Å². The molecule has 2 N–H and O–H groups in total. The quantitative estimate of drug-likeness (QED) is 0.597. The maximum Gasteiger partial charge on any atom is 0.224 e. The number of carbonyl (C=O) groups is 1. The lowest BCUT2D eigenvalue weighted by molar-refractivity contribution is -0.116. The van der Waals surface area contributed by atoms with Crippen molar-refractivity contribution in [2.75, 3.05) is 11.9 Å². The minimum absolute atomic E-state index is 0.0763. The fourth-order valence-corrected chi connectivity index (χ4v) is 1.18. The van der Waals surface area contributed by atoms with Gasteiger partial charge in [0.25, 0.3) is 0 Å². The number of aliphatic hydroxyl groups excluding tert-OH is 1. The molecule has 0 saturated heterocycles. The number of carbonyl (C=O) groups excluding carboxylic acids is 1. The summed E-state index contributed by atoms with van der Waals surface area (Å²) in [6.07, 6.45) is 3.24. The minimum atomic E-state index is -0.0763. The van der Waals surface area contributed by atoms with E-state index in [9.17, 15) is 4.79 Å². The summed E-state index contributed by atoms with van der Waals surface area (Å²) >= 11 is 5.60. The second-order valence-corrected chi connectivity index (χ2v) is 3.49. The minimum Gasteiger partial charge on any atom is -0.396 e. The molecule has 0 aliphatic carbocycles. The van der Waals surface area contributed by atoms with Crippen LogP contribution in [-0.2, 0) is 4.79 Å². The Morgan fingerprint density at radius 3 is 2.87 bits per heavy atom. The van der Waals surface area contributed by atoms with E-state index in [1.54, 1.807) is 12.1 Å². The molecule has 0 aliphatic rings. The summed E-state index contributed by atoms with van der Waals surface area (Å²) in [5.41, 5.74) is 0.633. The molecule has 1 aromatic heterocycles. The van der Waals surface area contributed by atoms with Crippen LogP contribution in [0.4, 0.5) is 5.69 Å². The normalized spacial score (nSPS) is 10.0. The van der Waals surface area contributed by atoms with Gasteiger partial charge in [-0.1, -0.05) is 11.6 Å². The molecule has 0 spiro atoms. The molecule has 1 amide bonds. The zero-order valence-electron chi connectivity index (χ0n) is 8.24. The smallest absolute Gasteiger partial charge is 0.224 e. The zero-order valence-corrected chi connectivity index (χ0v) is 9.00. The maximum absolute atomic E-state index is 11.3. The zero-order chi connectivity index (χ0) is 11.1. The number of aromatic nitrogens is 1. The number of anilines is 1. The average molecular weight is 229 g/mol. The first-order valence-electron chi connectivity index (χ1n) is 4.74. The summed E-state index contributed by atoms with van der Waals surface area (Å²) in [6, 6.07) is 3.31. The van der Waals surface area contributed by atoms with Gasteiger partial charge in [-0.25, -0.2) is 4.98 Å². The standard InChI is InChI=1S/C10H13ClN2O2/c11-9-5-4-8(7-12-9)13-10(15)3-1-2-6-14/h4-5,7,14H,1-3,6H2,(H,13,15). The van der Waals surface area contributed by atoms with E-state index in [2.05, 4.69) is 10.3 Å². The molecule has 15 heavy (non-hydrogen) atoms. The van der Waals surface area contributed by atoms with Crippen molar-refractivity contribution in [1.82, 2.24) is 4.98 Å². The van der Waals surface area contributed by atoms with Gasteiger partial charge in [-0.05, 0) is 25.0 Å². The highest BCUT2D eigenvalue weighted by Crippen LogP contribution is 2.10. The van der Waals surface area contributed by atoms with Gasteiger partial charge < -0.3 is 10.4 Å². The number of halogens is 1. The van der Waals surface area contributed by atoms with Crippen molar-refractivity contribution < 1.29 is 9.90 Å². The van der Waals surface area contributed by atoms with Crippen LogP contribution < -0.4 is 5.32 Å². The number of nitrogens with one attached hydrogen (secondary N) is 1. The molecule has 0 radical (unpaired) electrons. The van der Waals surface area contributed by atoms with E-state index in [-0.39, 0.29) is 12.5 Å². The van der Waals surface area contributed by atoms with Crippen molar-refractivity contribution in [2.45, 2.75) is 19.3 Å².